The smallest absolute Gasteiger partial charge is 0.292 e. The van der Waals surface area contributed by atoms with Crippen molar-refractivity contribution in [2.24, 2.45) is 10.2 Å². The monoisotopic (exact) mass is 349 g/mol. The van der Waals surface area contributed by atoms with Crippen LogP contribution in [0.1, 0.15) is 5.56 Å². The number of nitriles is 1. The maximum Gasteiger partial charge on any atom is 0.292 e. The molecule has 26 heavy (non-hydrogen) atoms. The molecule has 0 saturated carbocycles. The van der Waals surface area contributed by atoms with Crippen molar-refractivity contribution in [3.8, 4) is 28.8 Å². The second-order valence-corrected chi connectivity index (χ2v) is 5.23. The third kappa shape index (κ3) is 3.32. The van der Waals surface area contributed by atoms with Gasteiger partial charge in [-0.2, -0.15) is 10.4 Å². The van der Waals surface area contributed by atoms with Crippen LogP contribution in [0.3, 0.4) is 0 Å². The molecule has 0 atom stereocenters. The van der Waals surface area contributed by atoms with E-state index in [2.05, 4.69) is 20.4 Å². The summed E-state index contributed by atoms with van der Waals surface area (Å²) in [6.45, 7) is 0. The van der Waals surface area contributed by atoms with Crippen LogP contribution in [0.25, 0.3) is 11.3 Å². The maximum atomic E-state index is 12.1. The molecule has 0 unspecified atom stereocenters. The number of nitrogens with zero attached hydrogens (tertiary/aromatic N) is 3. The number of aromatic nitrogens is 2. The summed E-state index contributed by atoms with van der Waals surface area (Å²) in [4.78, 5) is 12.1. The summed E-state index contributed by atoms with van der Waals surface area (Å²) >= 11 is 0. The molecule has 8 heteroatoms. The van der Waals surface area contributed by atoms with Gasteiger partial charge in [0.05, 0.1) is 37.2 Å². The SMILES string of the molecule is COc1ccc(-c2[nH][nH]c(=O)c2N=Nc2ccc(C#N)cc2)cc1OC. The Hall–Kier alpha value is -3.86. The molecule has 130 valence electrons. The molecule has 3 aromatic rings. The van der Waals surface area contributed by atoms with Crippen molar-refractivity contribution in [2.45, 2.75) is 0 Å². The zero-order valence-corrected chi connectivity index (χ0v) is 14.1. The molecule has 1 heterocycles. The van der Waals surface area contributed by atoms with Gasteiger partial charge in [-0.25, -0.2) is 0 Å². The molecule has 2 aromatic carbocycles. The van der Waals surface area contributed by atoms with Crippen LogP contribution in [0.4, 0.5) is 11.4 Å². The Labute approximate surface area is 148 Å². The number of hydrogen-bond acceptors (Lipinski definition) is 6. The molecule has 2 N–H and O–H groups in total. The number of azo groups is 1. The third-order valence-corrected chi connectivity index (χ3v) is 3.69. The van der Waals surface area contributed by atoms with E-state index in [1.165, 1.54) is 7.11 Å². The van der Waals surface area contributed by atoms with E-state index < -0.39 is 5.56 Å². The Balaban J connectivity index is 1.98. The van der Waals surface area contributed by atoms with Gasteiger partial charge in [0.1, 0.15) is 0 Å². The van der Waals surface area contributed by atoms with Crippen LogP contribution in [0.2, 0.25) is 0 Å². The molecule has 1 aromatic heterocycles. The minimum atomic E-state index is -0.396. The highest BCUT2D eigenvalue weighted by Crippen LogP contribution is 2.34. The standard InChI is InChI=1S/C18H15N5O3/c1-25-14-8-5-12(9-15(14)26-2)16-17(18(24)23-21-16)22-20-13-6-3-11(10-19)4-7-13/h3-9H,1-2H3,(H2,21,23,24). The lowest BCUT2D eigenvalue weighted by Gasteiger charge is -2.08. The molecule has 0 radical (unpaired) electrons. The average Bonchev–Trinajstić information content (AvgIpc) is 3.06. The maximum absolute atomic E-state index is 12.1. The summed E-state index contributed by atoms with van der Waals surface area (Å²) in [5.74, 6) is 1.11. The van der Waals surface area contributed by atoms with E-state index in [0.717, 1.165) is 0 Å². The molecule has 8 nitrogen and oxygen atoms in total. The number of nitrogens with one attached hydrogen (secondary N) is 2. The first kappa shape index (κ1) is 17.0. The predicted molar refractivity (Wildman–Crippen MR) is 95.3 cm³/mol. The van der Waals surface area contributed by atoms with E-state index in [4.69, 9.17) is 14.7 Å². The molecule has 0 bridgehead atoms. The number of methoxy groups -OCH3 is 2. The highest BCUT2D eigenvalue weighted by atomic mass is 16.5. The van der Waals surface area contributed by atoms with Crippen LogP contribution in [0, 0.1) is 11.3 Å². The first-order valence-corrected chi connectivity index (χ1v) is 7.61. The topological polar surface area (TPSA) is 116 Å². The van der Waals surface area contributed by atoms with Gasteiger partial charge in [0, 0.05) is 5.56 Å². The van der Waals surface area contributed by atoms with Gasteiger partial charge in [-0.15, -0.1) is 5.11 Å². The van der Waals surface area contributed by atoms with Crippen LogP contribution < -0.4 is 15.0 Å². The van der Waals surface area contributed by atoms with E-state index in [1.807, 2.05) is 6.07 Å². The number of H-pyrrole nitrogens is 2. The van der Waals surface area contributed by atoms with E-state index >= 15 is 0 Å². The number of aromatic amines is 2. The van der Waals surface area contributed by atoms with Crippen LogP contribution in [-0.2, 0) is 0 Å². The van der Waals surface area contributed by atoms with E-state index in [1.54, 1.807) is 49.6 Å². The van der Waals surface area contributed by atoms with Crippen LogP contribution >= 0.6 is 0 Å². The zero-order chi connectivity index (χ0) is 18.5. The molecule has 0 saturated heterocycles. The fourth-order valence-electron chi connectivity index (χ4n) is 2.36. The Morgan fingerprint density at radius 1 is 0.962 bits per heavy atom. The lowest BCUT2D eigenvalue weighted by Crippen LogP contribution is -1.96. The Bertz CT molecular complexity index is 1040. The van der Waals surface area contributed by atoms with Crippen LogP contribution in [0.5, 0.6) is 11.5 Å². The molecule has 0 aliphatic carbocycles. The second-order valence-electron chi connectivity index (χ2n) is 5.23. The normalized spacial score (nSPS) is 10.7. The van der Waals surface area contributed by atoms with Crippen molar-refractivity contribution < 1.29 is 9.47 Å². The fourth-order valence-corrected chi connectivity index (χ4v) is 2.36. The molecule has 0 fully saturated rings. The van der Waals surface area contributed by atoms with Gasteiger partial charge >= 0.3 is 0 Å². The summed E-state index contributed by atoms with van der Waals surface area (Å²) < 4.78 is 10.5. The van der Waals surface area contributed by atoms with Crippen molar-refractivity contribution in [3.05, 3.63) is 58.4 Å². The summed E-state index contributed by atoms with van der Waals surface area (Å²) in [5.41, 5.74) is 1.97. The van der Waals surface area contributed by atoms with E-state index in [0.29, 0.717) is 34.0 Å². The van der Waals surface area contributed by atoms with Gasteiger partial charge in [-0.05, 0) is 42.5 Å². The van der Waals surface area contributed by atoms with Crippen LogP contribution in [0.15, 0.2) is 57.5 Å². The van der Waals surface area contributed by atoms with Gasteiger partial charge in [-0.1, -0.05) is 0 Å². The summed E-state index contributed by atoms with van der Waals surface area (Å²) in [5, 5.41) is 22.3. The molecule has 0 spiro atoms. The average molecular weight is 349 g/mol. The summed E-state index contributed by atoms with van der Waals surface area (Å²) in [6.07, 6.45) is 0. The van der Waals surface area contributed by atoms with Gasteiger partial charge in [0.25, 0.3) is 5.56 Å². The van der Waals surface area contributed by atoms with Crippen molar-refractivity contribution in [1.29, 1.82) is 5.26 Å². The Morgan fingerprint density at radius 3 is 2.35 bits per heavy atom. The molecule has 0 aliphatic heterocycles. The minimum Gasteiger partial charge on any atom is -0.493 e. The fraction of sp³-hybridized carbons (Fsp3) is 0.111. The predicted octanol–water partition coefficient (Wildman–Crippen LogP) is 3.67. The minimum absolute atomic E-state index is 0.140. The first-order chi connectivity index (χ1) is 12.7. The highest BCUT2D eigenvalue weighted by molar-refractivity contribution is 5.73. The Morgan fingerprint density at radius 2 is 1.69 bits per heavy atom. The number of rotatable bonds is 5. The number of ether oxygens (including phenoxy) is 2. The van der Waals surface area contributed by atoms with Gasteiger partial charge in [-0.3, -0.25) is 15.0 Å². The van der Waals surface area contributed by atoms with Crippen LogP contribution in [-0.4, -0.2) is 24.4 Å². The van der Waals surface area contributed by atoms with Crippen molar-refractivity contribution in [3.63, 3.8) is 0 Å². The van der Waals surface area contributed by atoms with Crippen molar-refractivity contribution in [1.82, 2.24) is 10.2 Å². The highest BCUT2D eigenvalue weighted by Gasteiger charge is 2.14. The number of hydrogen-bond donors (Lipinski definition) is 2. The molecule has 0 aliphatic rings. The lowest BCUT2D eigenvalue weighted by atomic mass is 10.1. The van der Waals surface area contributed by atoms with Crippen molar-refractivity contribution >= 4 is 11.4 Å². The second kappa shape index (κ2) is 7.36. The largest absolute Gasteiger partial charge is 0.493 e. The molecule has 0 amide bonds. The lowest BCUT2D eigenvalue weighted by molar-refractivity contribution is 0.355. The summed E-state index contributed by atoms with van der Waals surface area (Å²) in [6, 6.07) is 13.8. The van der Waals surface area contributed by atoms with Crippen molar-refractivity contribution in [2.75, 3.05) is 14.2 Å². The molecular formula is C18H15N5O3. The van der Waals surface area contributed by atoms with Gasteiger partial charge in [0.2, 0.25) is 0 Å². The quantitative estimate of drug-likeness (QED) is 0.683. The van der Waals surface area contributed by atoms with E-state index in [9.17, 15) is 4.79 Å². The van der Waals surface area contributed by atoms with E-state index in [-0.39, 0.29) is 5.69 Å². The first-order valence-electron chi connectivity index (χ1n) is 7.61. The number of benzene rings is 2. The summed E-state index contributed by atoms with van der Waals surface area (Å²) in [7, 11) is 3.08. The Kier molecular flexibility index (Phi) is 4.80. The molecular weight excluding hydrogens is 334 g/mol. The molecule has 3 rings (SSSR count). The van der Waals surface area contributed by atoms with Gasteiger partial charge < -0.3 is 9.47 Å². The third-order valence-electron chi connectivity index (χ3n) is 3.69. The zero-order valence-electron chi connectivity index (χ0n) is 14.1. The van der Waals surface area contributed by atoms with Gasteiger partial charge in [0.15, 0.2) is 17.2 Å².